The first kappa shape index (κ1) is 18.3. The van der Waals surface area contributed by atoms with E-state index in [1.54, 1.807) is 4.57 Å². The molecule has 30 heavy (non-hydrogen) atoms. The topological polar surface area (TPSA) is 60.9 Å². The summed E-state index contributed by atoms with van der Waals surface area (Å²) in [7, 11) is 0. The molecule has 0 aliphatic heterocycles. The van der Waals surface area contributed by atoms with Crippen molar-refractivity contribution >= 4 is 21.7 Å². The smallest absolute Gasteiger partial charge is 0.263 e. The molecule has 5 rings (SSSR count). The van der Waals surface area contributed by atoms with E-state index in [0.717, 1.165) is 38.8 Å². The molecule has 0 spiro atoms. The Morgan fingerprint density at radius 3 is 2.40 bits per heavy atom. The van der Waals surface area contributed by atoms with Crippen molar-refractivity contribution in [3.63, 3.8) is 0 Å². The summed E-state index contributed by atoms with van der Waals surface area (Å²) in [5.74, 6) is 0. The fourth-order valence-corrected chi connectivity index (χ4v) is 4.02. The number of rotatable bonds is 3. The van der Waals surface area contributed by atoms with Crippen LogP contribution in [0.3, 0.4) is 0 Å². The molecule has 0 radical (unpaired) electrons. The van der Waals surface area contributed by atoms with Gasteiger partial charge in [-0.3, -0.25) is 14.3 Å². The summed E-state index contributed by atoms with van der Waals surface area (Å²) in [5.41, 5.74) is 10.5. The highest BCUT2D eigenvalue weighted by Crippen LogP contribution is 2.30. The maximum absolute atomic E-state index is 13.8. The summed E-state index contributed by atoms with van der Waals surface area (Å²) in [5, 5.41) is 2.59. The van der Waals surface area contributed by atoms with E-state index in [9.17, 15) is 4.79 Å². The van der Waals surface area contributed by atoms with Crippen LogP contribution in [0.5, 0.6) is 0 Å². The Labute approximate surface area is 174 Å². The Balaban J connectivity index is 1.85. The highest BCUT2D eigenvalue weighted by molar-refractivity contribution is 5.98. The van der Waals surface area contributed by atoms with Crippen LogP contribution >= 0.6 is 0 Å². The lowest BCUT2D eigenvalue weighted by Gasteiger charge is -2.18. The Morgan fingerprint density at radius 2 is 1.60 bits per heavy atom. The van der Waals surface area contributed by atoms with E-state index in [-0.39, 0.29) is 11.6 Å². The largest absolute Gasteiger partial charge is 0.323 e. The number of para-hydroxylation sites is 2. The molecule has 2 heterocycles. The Morgan fingerprint density at radius 1 is 0.867 bits per heavy atom. The SMILES string of the molecule is C[C@H](N)c1cc2cccc(-c3cnc4ccccc4c3)c2c(=O)n1-c1ccccc1. The van der Waals surface area contributed by atoms with Crippen molar-refractivity contribution in [1.82, 2.24) is 9.55 Å². The monoisotopic (exact) mass is 391 g/mol. The predicted octanol–water partition coefficient (Wildman–Crippen LogP) is 5.23. The van der Waals surface area contributed by atoms with Gasteiger partial charge in [-0.2, -0.15) is 0 Å². The van der Waals surface area contributed by atoms with Gasteiger partial charge < -0.3 is 5.73 Å². The van der Waals surface area contributed by atoms with Crippen molar-refractivity contribution in [3.8, 4) is 16.8 Å². The third-order valence-electron chi connectivity index (χ3n) is 5.46. The first-order valence-electron chi connectivity index (χ1n) is 9.98. The molecule has 1 atom stereocenters. The van der Waals surface area contributed by atoms with Gasteiger partial charge in [-0.15, -0.1) is 0 Å². The molecule has 0 amide bonds. The molecule has 0 fully saturated rings. The second-order valence-corrected chi connectivity index (χ2v) is 7.52. The average molecular weight is 391 g/mol. The van der Waals surface area contributed by atoms with Gasteiger partial charge >= 0.3 is 0 Å². The highest BCUT2D eigenvalue weighted by Gasteiger charge is 2.17. The number of aromatic nitrogens is 2. The number of fused-ring (bicyclic) bond motifs is 2. The minimum Gasteiger partial charge on any atom is -0.323 e. The van der Waals surface area contributed by atoms with Crippen LogP contribution in [0, 0.1) is 0 Å². The van der Waals surface area contributed by atoms with Gasteiger partial charge in [0.2, 0.25) is 0 Å². The van der Waals surface area contributed by atoms with Crippen LogP contribution in [0.15, 0.2) is 95.9 Å². The zero-order valence-electron chi connectivity index (χ0n) is 16.6. The van der Waals surface area contributed by atoms with Crippen LogP contribution in [0.25, 0.3) is 38.5 Å². The van der Waals surface area contributed by atoms with Gasteiger partial charge in [0.15, 0.2) is 0 Å². The quantitative estimate of drug-likeness (QED) is 0.458. The molecule has 3 aromatic carbocycles. The average Bonchev–Trinajstić information content (AvgIpc) is 2.78. The van der Waals surface area contributed by atoms with E-state index in [2.05, 4.69) is 11.1 Å². The minimum atomic E-state index is -0.284. The lowest BCUT2D eigenvalue weighted by atomic mass is 9.98. The fourth-order valence-electron chi connectivity index (χ4n) is 4.02. The molecule has 2 N–H and O–H groups in total. The summed E-state index contributed by atoms with van der Waals surface area (Å²) in [4.78, 5) is 18.4. The van der Waals surface area contributed by atoms with Gasteiger partial charge in [-0.25, -0.2) is 0 Å². The summed E-state index contributed by atoms with van der Waals surface area (Å²) in [6, 6.07) is 27.4. The third kappa shape index (κ3) is 2.98. The second kappa shape index (κ2) is 7.25. The van der Waals surface area contributed by atoms with Gasteiger partial charge in [0.05, 0.1) is 10.9 Å². The fraction of sp³-hybridized carbons (Fsp3) is 0.0769. The van der Waals surface area contributed by atoms with Gasteiger partial charge in [0.25, 0.3) is 5.56 Å². The lowest BCUT2D eigenvalue weighted by molar-refractivity contribution is 0.734. The summed E-state index contributed by atoms with van der Waals surface area (Å²) >= 11 is 0. The van der Waals surface area contributed by atoms with Gasteiger partial charge in [-0.05, 0) is 48.2 Å². The number of nitrogens with zero attached hydrogens (tertiary/aromatic N) is 2. The van der Waals surface area contributed by atoms with Crippen molar-refractivity contribution in [2.75, 3.05) is 0 Å². The van der Waals surface area contributed by atoms with Gasteiger partial charge in [0, 0.05) is 34.6 Å². The standard InChI is InChI=1S/C26H21N3O/c1-17(27)24-15-19-9-7-12-22(20-14-18-8-5-6-13-23(18)28-16-20)25(19)26(30)29(24)21-10-3-2-4-11-21/h2-17H,27H2,1H3/t17-/m0/s1. The van der Waals surface area contributed by atoms with Crippen LogP contribution in [0.2, 0.25) is 0 Å². The Kier molecular flexibility index (Phi) is 4.42. The van der Waals surface area contributed by atoms with Crippen molar-refractivity contribution < 1.29 is 0 Å². The van der Waals surface area contributed by atoms with Crippen LogP contribution in [0.1, 0.15) is 18.7 Å². The lowest BCUT2D eigenvalue weighted by Crippen LogP contribution is -2.26. The molecule has 0 bridgehead atoms. The summed E-state index contributed by atoms with van der Waals surface area (Å²) < 4.78 is 1.73. The molecule has 0 aliphatic rings. The van der Waals surface area contributed by atoms with Crippen molar-refractivity contribution in [2.24, 2.45) is 5.73 Å². The van der Waals surface area contributed by atoms with E-state index in [0.29, 0.717) is 5.39 Å². The van der Waals surface area contributed by atoms with Crippen molar-refractivity contribution in [1.29, 1.82) is 0 Å². The van der Waals surface area contributed by atoms with Gasteiger partial charge in [-0.1, -0.05) is 54.6 Å². The van der Waals surface area contributed by atoms with E-state index >= 15 is 0 Å². The molecule has 4 nitrogen and oxygen atoms in total. The van der Waals surface area contributed by atoms with Crippen LogP contribution in [-0.2, 0) is 0 Å². The Hall–Kier alpha value is -3.76. The molecule has 0 saturated carbocycles. The van der Waals surface area contributed by atoms with Crippen LogP contribution in [0.4, 0.5) is 0 Å². The minimum absolute atomic E-state index is 0.0743. The van der Waals surface area contributed by atoms with Gasteiger partial charge in [0.1, 0.15) is 0 Å². The maximum Gasteiger partial charge on any atom is 0.263 e. The van der Waals surface area contributed by atoms with Crippen molar-refractivity contribution in [2.45, 2.75) is 13.0 Å². The molecule has 0 unspecified atom stereocenters. The maximum atomic E-state index is 13.8. The normalized spacial score (nSPS) is 12.3. The molecular formula is C26H21N3O. The number of pyridine rings is 2. The highest BCUT2D eigenvalue weighted by atomic mass is 16.1. The molecule has 4 heteroatoms. The second-order valence-electron chi connectivity index (χ2n) is 7.52. The van der Waals surface area contributed by atoms with E-state index in [1.807, 2.05) is 92.0 Å². The molecular weight excluding hydrogens is 370 g/mol. The predicted molar refractivity (Wildman–Crippen MR) is 123 cm³/mol. The van der Waals surface area contributed by atoms with Crippen molar-refractivity contribution in [3.05, 3.63) is 107 Å². The van der Waals surface area contributed by atoms with E-state index in [1.165, 1.54) is 0 Å². The zero-order chi connectivity index (χ0) is 20.7. The number of benzene rings is 3. The third-order valence-corrected chi connectivity index (χ3v) is 5.46. The zero-order valence-corrected chi connectivity index (χ0v) is 16.6. The number of hydrogen-bond donors (Lipinski definition) is 1. The molecule has 5 aromatic rings. The van der Waals surface area contributed by atoms with E-state index < -0.39 is 0 Å². The molecule has 0 saturated heterocycles. The first-order valence-corrected chi connectivity index (χ1v) is 9.98. The molecule has 0 aliphatic carbocycles. The van der Waals surface area contributed by atoms with E-state index in [4.69, 9.17) is 5.73 Å². The summed E-state index contributed by atoms with van der Waals surface area (Å²) in [6.45, 7) is 1.90. The Bertz CT molecular complexity index is 1440. The number of nitrogens with two attached hydrogens (primary N) is 1. The molecule has 2 aromatic heterocycles. The molecule has 146 valence electrons. The first-order chi connectivity index (χ1) is 14.6. The van der Waals surface area contributed by atoms with Crippen LogP contribution < -0.4 is 11.3 Å². The number of hydrogen-bond acceptors (Lipinski definition) is 3. The summed E-state index contributed by atoms with van der Waals surface area (Å²) in [6.07, 6.45) is 1.84. The van der Waals surface area contributed by atoms with Crippen LogP contribution in [-0.4, -0.2) is 9.55 Å².